The predicted octanol–water partition coefficient (Wildman–Crippen LogP) is 0.501. The highest BCUT2D eigenvalue weighted by Crippen LogP contribution is 2.01. The highest BCUT2D eigenvalue weighted by atomic mass is 32.1. The summed E-state index contributed by atoms with van der Waals surface area (Å²) in [6, 6.07) is 5.78. The molecule has 0 amide bonds. The van der Waals surface area contributed by atoms with Crippen molar-refractivity contribution in [3.8, 4) is 0 Å². The lowest BCUT2D eigenvalue weighted by Gasteiger charge is -1.90. The SMILES string of the molecule is NC(=S)NN=Cc1cn2ccccc2n1. The van der Waals surface area contributed by atoms with Crippen LogP contribution in [0.2, 0.25) is 0 Å². The second-order valence-electron chi connectivity index (χ2n) is 2.87. The zero-order valence-corrected chi connectivity index (χ0v) is 8.61. The molecule has 0 atom stereocenters. The molecule has 0 fully saturated rings. The molecule has 2 aromatic rings. The van der Waals surface area contributed by atoms with E-state index in [4.69, 9.17) is 5.73 Å². The summed E-state index contributed by atoms with van der Waals surface area (Å²) >= 11 is 4.60. The second kappa shape index (κ2) is 4.05. The molecule has 0 aliphatic carbocycles. The van der Waals surface area contributed by atoms with E-state index >= 15 is 0 Å². The molecule has 76 valence electrons. The first kappa shape index (κ1) is 9.60. The first-order chi connectivity index (χ1) is 7.25. The molecule has 0 saturated heterocycles. The fourth-order valence-electron chi connectivity index (χ4n) is 1.18. The van der Waals surface area contributed by atoms with Crippen LogP contribution in [0.5, 0.6) is 0 Å². The van der Waals surface area contributed by atoms with E-state index in [1.807, 2.05) is 35.0 Å². The lowest BCUT2D eigenvalue weighted by atomic mass is 10.5. The van der Waals surface area contributed by atoms with Crippen molar-refractivity contribution in [3.63, 3.8) is 0 Å². The van der Waals surface area contributed by atoms with Crippen molar-refractivity contribution >= 4 is 29.2 Å². The topological polar surface area (TPSA) is 67.7 Å². The van der Waals surface area contributed by atoms with Crippen LogP contribution >= 0.6 is 12.2 Å². The van der Waals surface area contributed by atoms with Crippen LogP contribution in [0.15, 0.2) is 35.7 Å². The number of nitrogens with one attached hydrogen (secondary N) is 1. The molecular weight excluding hydrogens is 210 g/mol. The third-order valence-electron chi connectivity index (χ3n) is 1.75. The Kier molecular flexibility index (Phi) is 2.59. The van der Waals surface area contributed by atoms with Crippen molar-refractivity contribution in [2.45, 2.75) is 0 Å². The summed E-state index contributed by atoms with van der Waals surface area (Å²) < 4.78 is 1.90. The van der Waals surface area contributed by atoms with Crippen molar-refractivity contribution in [3.05, 3.63) is 36.3 Å². The molecule has 0 unspecified atom stereocenters. The molecule has 0 aliphatic rings. The van der Waals surface area contributed by atoms with Crippen LogP contribution < -0.4 is 11.2 Å². The lowest BCUT2D eigenvalue weighted by Crippen LogP contribution is -2.24. The number of hydrogen-bond donors (Lipinski definition) is 2. The maximum Gasteiger partial charge on any atom is 0.184 e. The Morgan fingerprint density at radius 1 is 1.60 bits per heavy atom. The zero-order valence-electron chi connectivity index (χ0n) is 7.79. The van der Waals surface area contributed by atoms with Gasteiger partial charge in [-0.1, -0.05) is 6.07 Å². The highest BCUT2D eigenvalue weighted by molar-refractivity contribution is 7.80. The quantitative estimate of drug-likeness (QED) is 0.438. The number of pyridine rings is 1. The maximum atomic E-state index is 5.21. The number of hydrazone groups is 1. The van der Waals surface area contributed by atoms with Gasteiger partial charge in [-0.05, 0) is 24.4 Å². The minimum Gasteiger partial charge on any atom is -0.375 e. The predicted molar refractivity (Wildman–Crippen MR) is 62.7 cm³/mol. The molecule has 0 bridgehead atoms. The average molecular weight is 219 g/mol. The van der Waals surface area contributed by atoms with Gasteiger partial charge in [0.25, 0.3) is 0 Å². The first-order valence-corrected chi connectivity index (χ1v) is 4.69. The van der Waals surface area contributed by atoms with Gasteiger partial charge in [0.05, 0.1) is 6.21 Å². The Bertz CT molecular complexity index is 483. The van der Waals surface area contributed by atoms with E-state index in [1.54, 1.807) is 6.21 Å². The average Bonchev–Trinajstić information content (AvgIpc) is 2.59. The van der Waals surface area contributed by atoms with E-state index in [-0.39, 0.29) is 5.11 Å². The molecular formula is C9H9N5S. The Hall–Kier alpha value is -1.95. The van der Waals surface area contributed by atoms with E-state index in [1.165, 1.54) is 0 Å². The van der Waals surface area contributed by atoms with E-state index in [0.717, 1.165) is 11.3 Å². The zero-order chi connectivity index (χ0) is 10.7. The first-order valence-electron chi connectivity index (χ1n) is 4.28. The fraction of sp³-hybridized carbons (Fsp3) is 0. The van der Waals surface area contributed by atoms with Crippen molar-refractivity contribution in [2.75, 3.05) is 0 Å². The molecule has 0 spiro atoms. The maximum absolute atomic E-state index is 5.21. The van der Waals surface area contributed by atoms with Gasteiger partial charge < -0.3 is 10.1 Å². The Balaban J connectivity index is 2.22. The van der Waals surface area contributed by atoms with E-state index in [0.29, 0.717) is 0 Å². The molecule has 2 aromatic heterocycles. The number of rotatable bonds is 2. The van der Waals surface area contributed by atoms with Crippen LogP contribution in [-0.4, -0.2) is 20.7 Å². The Morgan fingerprint density at radius 2 is 2.47 bits per heavy atom. The fourth-order valence-corrected chi connectivity index (χ4v) is 1.23. The molecule has 0 radical (unpaired) electrons. The second-order valence-corrected chi connectivity index (χ2v) is 3.31. The molecule has 2 rings (SSSR count). The summed E-state index contributed by atoms with van der Waals surface area (Å²) in [5, 5.41) is 3.95. The number of imidazole rings is 1. The van der Waals surface area contributed by atoms with Gasteiger partial charge in [-0.2, -0.15) is 5.10 Å². The van der Waals surface area contributed by atoms with Gasteiger partial charge in [-0.25, -0.2) is 4.98 Å². The van der Waals surface area contributed by atoms with Crippen molar-refractivity contribution in [1.82, 2.24) is 14.8 Å². The summed E-state index contributed by atoms with van der Waals surface area (Å²) in [4.78, 5) is 4.30. The monoisotopic (exact) mass is 219 g/mol. The van der Waals surface area contributed by atoms with Crippen LogP contribution in [0.3, 0.4) is 0 Å². The third-order valence-corrected chi connectivity index (χ3v) is 1.85. The van der Waals surface area contributed by atoms with Crippen LogP contribution in [0.25, 0.3) is 5.65 Å². The minimum absolute atomic E-state index is 0.134. The number of fused-ring (bicyclic) bond motifs is 1. The summed E-state index contributed by atoms with van der Waals surface area (Å²) in [6.07, 6.45) is 5.34. The van der Waals surface area contributed by atoms with E-state index < -0.39 is 0 Å². The third kappa shape index (κ3) is 2.29. The Morgan fingerprint density at radius 3 is 3.20 bits per heavy atom. The summed E-state index contributed by atoms with van der Waals surface area (Å²) in [5.41, 5.74) is 9.29. The van der Waals surface area contributed by atoms with Crippen molar-refractivity contribution in [2.24, 2.45) is 10.8 Å². The van der Waals surface area contributed by atoms with Gasteiger partial charge in [-0.3, -0.25) is 5.43 Å². The van der Waals surface area contributed by atoms with Crippen LogP contribution in [0.1, 0.15) is 5.69 Å². The number of nitrogens with two attached hydrogens (primary N) is 1. The number of nitrogens with zero attached hydrogens (tertiary/aromatic N) is 3. The number of hydrogen-bond acceptors (Lipinski definition) is 3. The van der Waals surface area contributed by atoms with Gasteiger partial charge in [0.2, 0.25) is 0 Å². The highest BCUT2D eigenvalue weighted by Gasteiger charge is 1.96. The molecule has 0 saturated carbocycles. The van der Waals surface area contributed by atoms with Gasteiger partial charge in [0.1, 0.15) is 11.3 Å². The molecule has 15 heavy (non-hydrogen) atoms. The van der Waals surface area contributed by atoms with Crippen LogP contribution in [0.4, 0.5) is 0 Å². The van der Waals surface area contributed by atoms with Crippen LogP contribution in [-0.2, 0) is 0 Å². The van der Waals surface area contributed by atoms with Crippen molar-refractivity contribution < 1.29 is 0 Å². The molecule has 3 N–H and O–H groups in total. The smallest absolute Gasteiger partial charge is 0.184 e. The van der Waals surface area contributed by atoms with Crippen molar-refractivity contribution in [1.29, 1.82) is 0 Å². The summed E-state index contributed by atoms with van der Waals surface area (Å²) in [6.45, 7) is 0. The Labute approximate surface area is 91.6 Å². The van der Waals surface area contributed by atoms with E-state index in [2.05, 4.69) is 27.7 Å². The molecule has 2 heterocycles. The van der Waals surface area contributed by atoms with Crippen LogP contribution in [0, 0.1) is 0 Å². The molecule has 0 aliphatic heterocycles. The lowest BCUT2D eigenvalue weighted by molar-refractivity contribution is 1.04. The normalized spacial score (nSPS) is 10.9. The standard InChI is InChI=1S/C9H9N5S/c10-9(15)13-11-5-7-6-14-4-2-1-3-8(14)12-7/h1-6H,(H3,10,13,15). The van der Waals surface area contributed by atoms with Gasteiger partial charge in [-0.15, -0.1) is 0 Å². The largest absolute Gasteiger partial charge is 0.375 e. The summed E-state index contributed by atoms with van der Waals surface area (Å²) in [5.74, 6) is 0. The number of aromatic nitrogens is 2. The van der Waals surface area contributed by atoms with Gasteiger partial charge >= 0.3 is 0 Å². The molecule has 0 aromatic carbocycles. The minimum atomic E-state index is 0.134. The van der Waals surface area contributed by atoms with Gasteiger partial charge in [0, 0.05) is 12.4 Å². The summed E-state index contributed by atoms with van der Waals surface area (Å²) in [7, 11) is 0. The molecule has 5 nitrogen and oxygen atoms in total. The van der Waals surface area contributed by atoms with E-state index in [9.17, 15) is 0 Å². The number of thiocarbonyl (C=S) groups is 1. The van der Waals surface area contributed by atoms with Gasteiger partial charge in [0.15, 0.2) is 5.11 Å². The molecule has 6 heteroatoms.